The second-order valence-electron chi connectivity index (χ2n) is 3.66. The van der Waals surface area contributed by atoms with Gasteiger partial charge in [0.1, 0.15) is 5.52 Å². The third-order valence-corrected chi connectivity index (χ3v) is 3.27. The molecule has 0 saturated heterocycles. The zero-order chi connectivity index (χ0) is 14.7. The van der Waals surface area contributed by atoms with Gasteiger partial charge in [0.15, 0.2) is 16.1 Å². The van der Waals surface area contributed by atoms with Crippen LogP contribution in [-0.4, -0.2) is 27.8 Å². The number of hydrogen-bond donors (Lipinski definition) is 1. The van der Waals surface area contributed by atoms with Gasteiger partial charge >= 0.3 is 0 Å². The normalized spacial score (nSPS) is 11.4. The first-order valence-electron chi connectivity index (χ1n) is 5.69. The molecular weight excluding hydrogens is 305 g/mol. The lowest BCUT2D eigenvalue weighted by Gasteiger charge is -2.05. The summed E-state index contributed by atoms with van der Waals surface area (Å²) in [7, 11) is 0. The molecule has 0 fully saturated rings. The Hall–Kier alpha value is -1.60. The van der Waals surface area contributed by atoms with E-state index >= 15 is 0 Å². The maximum atomic E-state index is 14.0. The van der Waals surface area contributed by atoms with Gasteiger partial charge in [0.05, 0.1) is 23.9 Å². The van der Waals surface area contributed by atoms with E-state index in [9.17, 15) is 9.18 Å². The maximum Gasteiger partial charge on any atom is 0.261 e. The highest BCUT2D eigenvalue weighted by molar-refractivity contribution is 7.98. The molecule has 0 radical (unpaired) electrons. The molecule has 0 amide bonds. The van der Waals surface area contributed by atoms with Crippen molar-refractivity contribution in [3.8, 4) is 0 Å². The van der Waals surface area contributed by atoms with Crippen LogP contribution < -0.4 is 5.56 Å². The summed E-state index contributed by atoms with van der Waals surface area (Å²) >= 11 is 6.93. The van der Waals surface area contributed by atoms with Gasteiger partial charge in [-0.1, -0.05) is 23.4 Å². The van der Waals surface area contributed by atoms with E-state index in [0.717, 1.165) is 0 Å². The highest BCUT2D eigenvalue weighted by atomic mass is 35.5. The molecule has 0 spiro atoms. The summed E-state index contributed by atoms with van der Waals surface area (Å²) in [4.78, 5) is 22.5. The molecule has 2 aromatic rings. The van der Waals surface area contributed by atoms with E-state index in [2.05, 4.69) is 15.0 Å². The number of thioether (sulfide) groups is 1. The molecule has 20 heavy (non-hydrogen) atoms. The van der Waals surface area contributed by atoms with Crippen molar-refractivity contribution in [3.63, 3.8) is 0 Å². The average molecular weight is 316 g/mol. The topological polar surface area (TPSA) is 67.9 Å². The zero-order valence-corrected chi connectivity index (χ0v) is 12.3. The number of hydrogen-bond acceptors (Lipinski definition) is 5. The Labute approximate surface area is 123 Å². The van der Waals surface area contributed by atoms with E-state index in [-0.39, 0.29) is 21.7 Å². The summed E-state index contributed by atoms with van der Waals surface area (Å²) in [6, 6.07) is 0. The monoisotopic (exact) mass is 315 g/mol. The number of nitrogens with zero attached hydrogens (tertiary/aromatic N) is 2. The molecule has 2 rings (SSSR count). The first kappa shape index (κ1) is 14.8. The SMILES string of the molecule is CCO/C=C/c1nc(Cl)c(F)c2nc(SC)[nH]c(=O)c12. The van der Waals surface area contributed by atoms with Gasteiger partial charge in [-0.05, 0) is 19.3 Å². The van der Waals surface area contributed by atoms with Crippen LogP contribution in [0.4, 0.5) is 4.39 Å². The second-order valence-corrected chi connectivity index (χ2v) is 4.81. The van der Waals surface area contributed by atoms with E-state index in [0.29, 0.717) is 11.8 Å². The fourth-order valence-electron chi connectivity index (χ4n) is 1.58. The van der Waals surface area contributed by atoms with Crippen LogP contribution in [0.5, 0.6) is 0 Å². The number of nitrogens with one attached hydrogen (secondary N) is 1. The summed E-state index contributed by atoms with van der Waals surface area (Å²) in [5.41, 5.74) is -0.367. The lowest BCUT2D eigenvalue weighted by atomic mass is 10.2. The Balaban J connectivity index is 2.76. The average Bonchev–Trinajstić information content (AvgIpc) is 2.43. The highest BCUT2D eigenvalue weighted by Crippen LogP contribution is 2.23. The van der Waals surface area contributed by atoms with Gasteiger partial charge in [-0.2, -0.15) is 0 Å². The minimum Gasteiger partial charge on any atom is -0.501 e. The molecule has 2 aromatic heterocycles. The van der Waals surface area contributed by atoms with E-state index < -0.39 is 11.4 Å². The lowest BCUT2D eigenvalue weighted by Crippen LogP contribution is -2.12. The summed E-state index contributed by atoms with van der Waals surface area (Å²) in [5.74, 6) is -0.809. The predicted molar refractivity (Wildman–Crippen MR) is 77.6 cm³/mol. The number of halogens is 2. The first-order valence-corrected chi connectivity index (χ1v) is 7.30. The number of H-pyrrole nitrogens is 1. The van der Waals surface area contributed by atoms with Crippen molar-refractivity contribution in [2.45, 2.75) is 12.1 Å². The number of aromatic nitrogens is 3. The van der Waals surface area contributed by atoms with Crippen molar-refractivity contribution < 1.29 is 9.13 Å². The molecule has 0 saturated carbocycles. The minimum absolute atomic E-state index is 0.0423. The Bertz CT molecular complexity index is 733. The van der Waals surface area contributed by atoms with Crippen LogP contribution in [0.3, 0.4) is 0 Å². The molecule has 0 bridgehead atoms. The van der Waals surface area contributed by atoms with E-state index in [4.69, 9.17) is 16.3 Å². The molecule has 0 aromatic carbocycles. The third kappa shape index (κ3) is 2.78. The highest BCUT2D eigenvalue weighted by Gasteiger charge is 2.16. The summed E-state index contributed by atoms with van der Waals surface area (Å²) in [6.45, 7) is 2.28. The van der Waals surface area contributed by atoms with Gasteiger partial charge in [-0.25, -0.2) is 14.4 Å². The number of ether oxygens (including phenoxy) is 1. The van der Waals surface area contributed by atoms with Crippen molar-refractivity contribution >= 4 is 40.3 Å². The van der Waals surface area contributed by atoms with Crippen molar-refractivity contribution in [2.24, 2.45) is 0 Å². The third-order valence-electron chi connectivity index (χ3n) is 2.44. The van der Waals surface area contributed by atoms with Gasteiger partial charge in [-0.15, -0.1) is 0 Å². The van der Waals surface area contributed by atoms with Crippen molar-refractivity contribution in [3.05, 3.63) is 33.3 Å². The molecule has 8 heteroatoms. The summed E-state index contributed by atoms with van der Waals surface area (Å²) < 4.78 is 19.0. The molecule has 1 N–H and O–H groups in total. The number of aromatic amines is 1. The second kappa shape index (κ2) is 6.23. The fraction of sp³-hybridized carbons (Fsp3) is 0.250. The standard InChI is InChI=1S/C12H11ClFN3O2S/c1-3-19-5-4-6-7-9(8(14)10(13)15-6)16-12(20-2)17-11(7)18/h4-5H,3H2,1-2H3,(H,16,17,18)/b5-4+. The van der Waals surface area contributed by atoms with Crippen LogP contribution >= 0.6 is 23.4 Å². The molecule has 0 aliphatic heterocycles. The molecule has 2 heterocycles. The van der Waals surface area contributed by atoms with Gasteiger partial charge in [0.25, 0.3) is 5.56 Å². The van der Waals surface area contributed by atoms with Crippen LogP contribution in [0.15, 0.2) is 16.2 Å². The van der Waals surface area contributed by atoms with Crippen LogP contribution in [-0.2, 0) is 4.74 Å². The van der Waals surface area contributed by atoms with E-state index in [1.165, 1.54) is 24.1 Å². The van der Waals surface area contributed by atoms with Gasteiger partial charge in [-0.3, -0.25) is 4.79 Å². The molecule has 106 valence electrons. The predicted octanol–water partition coefficient (Wildman–Crippen LogP) is 2.84. The van der Waals surface area contributed by atoms with Gasteiger partial charge in [0, 0.05) is 0 Å². The van der Waals surface area contributed by atoms with Crippen molar-refractivity contribution in [1.82, 2.24) is 15.0 Å². The summed E-state index contributed by atoms with van der Waals surface area (Å²) in [5, 5.41) is 0.0165. The van der Waals surface area contributed by atoms with Gasteiger partial charge in [0.2, 0.25) is 0 Å². The number of pyridine rings is 1. The quantitative estimate of drug-likeness (QED) is 0.407. The molecular formula is C12H11ClFN3O2S. The van der Waals surface area contributed by atoms with Crippen LogP contribution in [0.2, 0.25) is 5.15 Å². The van der Waals surface area contributed by atoms with Crippen molar-refractivity contribution in [2.75, 3.05) is 12.9 Å². The zero-order valence-electron chi connectivity index (χ0n) is 10.7. The Morgan fingerprint density at radius 2 is 2.25 bits per heavy atom. The van der Waals surface area contributed by atoms with E-state index in [1.54, 1.807) is 6.26 Å². The minimum atomic E-state index is -0.809. The van der Waals surface area contributed by atoms with E-state index in [1.807, 2.05) is 6.92 Å². The number of fused-ring (bicyclic) bond motifs is 1. The number of rotatable bonds is 4. The largest absolute Gasteiger partial charge is 0.501 e. The fourth-order valence-corrected chi connectivity index (χ4v) is 2.14. The molecule has 5 nitrogen and oxygen atoms in total. The molecule has 0 unspecified atom stereocenters. The Kier molecular flexibility index (Phi) is 4.61. The Morgan fingerprint density at radius 3 is 2.90 bits per heavy atom. The van der Waals surface area contributed by atoms with Crippen LogP contribution in [0.1, 0.15) is 12.6 Å². The molecule has 0 atom stereocenters. The first-order chi connectivity index (χ1) is 9.58. The Morgan fingerprint density at radius 1 is 1.50 bits per heavy atom. The molecule has 0 aliphatic carbocycles. The van der Waals surface area contributed by atoms with Gasteiger partial charge < -0.3 is 9.72 Å². The van der Waals surface area contributed by atoms with Crippen LogP contribution in [0.25, 0.3) is 17.0 Å². The molecule has 0 aliphatic rings. The van der Waals surface area contributed by atoms with Crippen molar-refractivity contribution in [1.29, 1.82) is 0 Å². The smallest absolute Gasteiger partial charge is 0.261 e. The maximum absolute atomic E-state index is 14.0. The lowest BCUT2D eigenvalue weighted by molar-refractivity contribution is 0.272. The van der Waals surface area contributed by atoms with Crippen LogP contribution in [0, 0.1) is 5.82 Å². The summed E-state index contributed by atoms with van der Waals surface area (Å²) in [6.07, 6.45) is 4.55.